The molecule has 0 bridgehead atoms. The number of nitrogens with zero attached hydrogens (tertiary/aromatic N) is 7. The van der Waals surface area contributed by atoms with Crippen molar-refractivity contribution in [3.05, 3.63) is 42.2 Å². The number of fused-ring (bicyclic) bond motifs is 2. The highest BCUT2D eigenvalue weighted by Gasteiger charge is 2.39. The van der Waals surface area contributed by atoms with Crippen LogP contribution in [-0.2, 0) is 9.59 Å². The van der Waals surface area contributed by atoms with Gasteiger partial charge in [-0.1, -0.05) is 39.0 Å². The van der Waals surface area contributed by atoms with Gasteiger partial charge in [-0.2, -0.15) is 5.10 Å². The third kappa shape index (κ3) is 6.53. The summed E-state index contributed by atoms with van der Waals surface area (Å²) < 4.78 is 1.75. The van der Waals surface area contributed by atoms with E-state index in [4.69, 9.17) is 10.1 Å². The minimum absolute atomic E-state index is 0.209. The van der Waals surface area contributed by atoms with Gasteiger partial charge < -0.3 is 40.6 Å². The molecule has 0 radical (unpaired) electrons. The van der Waals surface area contributed by atoms with Crippen LogP contribution in [0.2, 0.25) is 0 Å². The average Bonchev–Trinajstić information content (AvgIpc) is 3.93. The molecule has 1 aromatic carbocycles. The summed E-state index contributed by atoms with van der Waals surface area (Å²) in [5.41, 5.74) is 3.77. The first-order chi connectivity index (χ1) is 24.9. The first-order valence-electron chi connectivity index (χ1n) is 17.4. The lowest BCUT2D eigenvalue weighted by molar-refractivity contribution is -0.136. The number of benzene rings is 1. The third-order valence-electron chi connectivity index (χ3n) is 9.83. The van der Waals surface area contributed by atoms with Gasteiger partial charge in [-0.25, -0.2) is 29.1 Å². The number of H-pyrrole nitrogens is 2. The molecule has 52 heavy (non-hydrogen) atoms. The third-order valence-corrected chi connectivity index (χ3v) is 10.8. The second-order valence-electron chi connectivity index (χ2n) is 14.0. The lowest BCUT2D eigenvalue weighted by Crippen LogP contribution is -2.50. The summed E-state index contributed by atoms with van der Waals surface area (Å²) in [6, 6.07) is 3.52. The summed E-state index contributed by atoms with van der Waals surface area (Å²) >= 11 is 1.43. The smallest absolute Gasteiger partial charge is 0.405 e. The first kappa shape index (κ1) is 34.9. The number of carbonyl (C=O) groups excluding carboxylic acids is 2. The van der Waals surface area contributed by atoms with Crippen LogP contribution < -0.4 is 10.6 Å². The van der Waals surface area contributed by atoms with Crippen molar-refractivity contribution in [3.8, 4) is 22.0 Å². The number of nitrogens with one attached hydrogen (secondary N) is 4. The largest absolute Gasteiger partial charge is 0.465 e. The first-order valence-corrected chi connectivity index (χ1v) is 18.2. The fraction of sp³-hybridized carbons (Fsp3) is 0.471. The Balaban J connectivity index is 1.11. The monoisotopic (exact) mass is 731 g/mol. The van der Waals surface area contributed by atoms with Crippen LogP contribution in [0.4, 0.5) is 9.59 Å². The Morgan fingerprint density at radius 2 is 1.46 bits per heavy atom. The van der Waals surface area contributed by atoms with E-state index in [1.807, 2.05) is 45.9 Å². The highest BCUT2D eigenvalue weighted by molar-refractivity contribution is 7.19. The SMILES string of the molecule is CC(C)[C@H](NC(=O)O)C(=O)N1CCCC1c1ncc(-c2cnc3sc(-c4ccc5nc(C6CCCN6C(=O)[C@@H](NC(=O)O)C(C)C)[nH]c5c4)nn23)[nH]1. The van der Waals surface area contributed by atoms with Gasteiger partial charge in [0, 0.05) is 18.7 Å². The number of rotatable bonds is 10. The van der Waals surface area contributed by atoms with Crippen LogP contribution in [0.15, 0.2) is 30.6 Å². The normalized spacial score (nSPS) is 18.9. The molecule has 7 rings (SSSR count). The quantitative estimate of drug-likeness (QED) is 0.117. The Hall–Kier alpha value is -5.52. The molecule has 2 aliphatic heterocycles. The van der Waals surface area contributed by atoms with Gasteiger partial charge in [0.2, 0.25) is 16.8 Å². The van der Waals surface area contributed by atoms with Crippen LogP contribution in [-0.4, -0.2) is 104 Å². The summed E-state index contributed by atoms with van der Waals surface area (Å²) in [5.74, 6) is 0.324. The van der Waals surface area contributed by atoms with Crippen molar-refractivity contribution in [3.63, 3.8) is 0 Å². The van der Waals surface area contributed by atoms with Gasteiger partial charge in [-0.3, -0.25) is 9.59 Å². The lowest BCUT2D eigenvalue weighted by atomic mass is 10.0. The van der Waals surface area contributed by atoms with Gasteiger partial charge in [0.05, 0.1) is 41.2 Å². The van der Waals surface area contributed by atoms with Crippen molar-refractivity contribution < 1.29 is 29.4 Å². The average molecular weight is 732 g/mol. The fourth-order valence-corrected chi connectivity index (χ4v) is 8.10. The molecule has 2 saturated heterocycles. The molecule has 5 aromatic rings. The summed E-state index contributed by atoms with van der Waals surface area (Å²) in [4.78, 5) is 74.5. The zero-order valence-corrected chi connectivity index (χ0v) is 30.0. The Labute approximate surface area is 301 Å². The van der Waals surface area contributed by atoms with E-state index in [2.05, 4.69) is 30.6 Å². The molecular weight excluding hydrogens is 691 g/mol. The molecule has 4 aromatic heterocycles. The number of hydrogen-bond donors (Lipinski definition) is 6. The fourth-order valence-electron chi connectivity index (χ4n) is 7.23. The minimum atomic E-state index is -1.23. The molecular formula is C34H41N11O6S. The highest BCUT2D eigenvalue weighted by Crippen LogP contribution is 2.36. The van der Waals surface area contributed by atoms with E-state index < -0.39 is 24.3 Å². The minimum Gasteiger partial charge on any atom is -0.465 e. The van der Waals surface area contributed by atoms with Crippen molar-refractivity contribution in [1.82, 2.24) is 55.0 Å². The molecule has 2 fully saturated rings. The Bertz CT molecular complexity index is 2150. The number of imidazole rings is 3. The molecule has 0 spiro atoms. The summed E-state index contributed by atoms with van der Waals surface area (Å²) in [7, 11) is 0. The number of amides is 4. The number of aromatic amines is 2. The van der Waals surface area contributed by atoms with E-state index in [0.717, 1.165) is 34.4 Å². The van der Waals surface area contributed by atoms with Crippen molar-refractivity contribution >= 4 is 51.3 Å². The summed E-state index contributed by atoms with van der Waals surface area (Å²) in [6.45, 7) is 8.30. The number of carbonyl (C=O) groups is 4. The predicted molar refractivity (Wildman–Crippen MR) is 190 cm³/mol. The zero-order chi connectivity index (χ0) is 36.8. The van der Waals surface area contributed by atoms with Gasteiger partial charge in [0.1, 0.15) is 34.4 Å². The van der Waals surface area contributed by atoms with Crippen LogP contribution in [0.1, 0.15) is 77.1 Å². The van der Waals surface area contributed by atoms with Crippen molar-refractivity contribution in [2.75, 3.05) is 13.1 Å². The topological polar surface area (TPSA) is 227 Å². The Morgan fingerprint density at radius 1 is 0.846 bits per heavy atom. The molecule has 17 nitrogen and oxygen atoms in total. The number of likely N-dealkylation sites (tertiary alicyclic amines) is 2. The molecule has 274 valence electrons. The Kier molecular flexibility index (Phi) is 9.33. The van der Waals surface area contributed by atoms with E-state index in [1.165, 1.54) is 11.3 Å². The number of hydrogen-bond acceptors (Lipinski definition) is 9. The van der Waals surface area contributed by atoms with Crippen LogP contribution >= 0.6 is 11.3 Å². The molecule has 4 atom stereocenters. The molecule has 0 saturated carbocycles. The predicted octanol–water partition coefficient (Wildman–Crippen LogP) is 4.64. The maximum absolute atomic E-state index is 13.4. The van der Waals surface area contributed by atoms with E-state index >= 15 is 0 Å². The van der Waals surface area contributed by atoms with Gasteiger partial charge in [0.25, 0.3) is 0 Å². The van der Waals surface area contributed by atoms with Crippen LogP contribution in [0.3, 0.4) is 0 Å². The van der Waals surface area contributed by atoms with Crippen LogP contribution in [0, 0.1) is 11.8 Å². The van der Waals surface area contributed by atoms with Crippen LogP contribution in [0.25, 0.3) is 38.0 Å². The van der Waals surface area contributed by atoms with E-state index in [1.54, 1.807) is 26.7 Å². The maximum Gasteiger partial charge on any atom is 0.405 e. The number of aromatic nitrogens is 7. The van der Waals surface area contributed by atoms with Crippen molar-refractivity contribution in [1.29, 1.82) is 0 Å². The molecule has 2 aliphatic rings. The second kappa shape index (κ2) is 13.9. The van der Waals surface area contributed by atoms with E-state index in [0.29, 0.717) is 53.9 Å². The van der Waals surface area contributed by atoms with Gasteiger partial charge in [-0.05, 0) is 55.7 Å². The van der Waals surface area contributed by atoms with Crippen molar-refractivity contribution in [2.24, 2.45) is 11.8 Å². The molecule has 2 unspecified atom stereocenters. The Morgan fingerprint density at radius 3 is 2.06 bits per heavy atom. The number of carboxylic acid groups (broad SMARTS) is 2. The molecule has 6 N–H and O–H groups in total. The molecule has 6 heterocycles. The standard InChI is InChI=1S/C34H41N11O6S/c1-16(2)25(40-33(48)49)30(46)43-11-5-7-22(43)27-35-14-21(39-27)24-15-36-32-45(24)42-29(52-32)18-9-10-19-20(13-18)38-28(37-19)23-8-6-12-44(23)31(47)26(17(3)4)41-34(50)51/h9-10,13-17,22-23,25-26,40-41H,5-8,11-12H2,1-4H3,(H,35,39)(H,37,38)(H,48,49)(H,50,51)/t22?,23?,25-,26-/m0/s1. The second-order valence-corrected chi connectivity index (χ2v) is 15.0. The van der Waals surface area contributed by atoms with Crippen molar-refractivity contribution in [2.45, 2.75) is 77.5 Å². The summed E-state index contributed by atoms with van der Waals surface area (Å²) in [6.07, 6.45) is 3.94. The van der Waals surface area contributed by atoms with Gasteiger partial charge in [-0.15, -0.1) is 0 Å². The maximum atomic E-state index is 13.4. The lowest BCUT2D eigenvalue weighted by Gasteiger charge is -2.29. The zero-order valence-electron chi connectivity index (χ0n) is 29.2. The molecule has 0 aliphatic carbocycles. The van der Waals surface area contributed by atoms with E-state index in [9.17, 15) is 29.4 Å². The molecule has 18 heteroatoms. The summed E-state index contributed by atoms with van der Waals surface area (Å²) in [5, 5.41) is 29.0. The van der Waals surface area contributed by atoms with Gasteiger partial charge in [0.15, 0.2) is 0 Å². The van der Waals surface area contributed by atoms with Crippen LogP contribution in [0.5, 0.6) is 0 Å². The van der Waals surface area contributed by atoms with Gasteiger partial charge >= 0.3 is 12.2 Å². The molecule has 4 amide bonds. The highest BCUT2D eigenvalue weighted by atomic mass is 32.1. The van der Waals surface area contributed by atoms with E-state index in [-0.39, 0.29) is 35.7 Å².